The van der Waals surface area contributed by atoms with Gasteiger partial charge in [-0.05, 0) is 25.5 Å². The van der Waals surface area contributed by atoms with E-state index in [1.165, 1.54) is 13.0 Å². The van der Waals surface area contributed by atoms with Crippen molar-refractivity contribution in [2.75, 3.05) is 11.1 Å². The molecule has 3 heterocycles. The molecule has 0 saturated heterocycles. The van der Waals surface area contributed by atoms with Gasteiger partial charge in [0.25, 0.3) is 5.91 Å². The Morgan fingerprint density at radius 2 is 2.04 bits per heavy atom. The van der Waals surface area contributed by atoms with Crippen LogP contribution >= 0.6 is 11.3 Å². The number of anilines is 2. The highest BCUT2D eigenvalue weighted by Gasteiger charge is 2.34. The number of hydrogen-bond acceptors (Lipinski definition) is 6. The van der Waals surface area contributed by atoms with Crippen LogP contribution in [0.3, 0.4) is 0 Å². The van der Waals surface area contributed by atoms with E-state index in [2.05, 4.69) is 15.5 Å². The lowest BCUT2D eigenvalue weighted by Crippen LogP contribution is -2.12. The fourth-order valence-corrected chi connectivity index (χ4v) is 3.29. The molecule has 3 aromatic heterocycles. The first-order valence-electron chi connectivity index (χ1n) is 6.68. The minimum atomic E-state index is -4.57. The minimum absolute atomic E-state index is 0.0568. The molecule has 1 amide bonds. The van der Waals surface area contributed by atoms with Gasteiger partial charge in [0.2, 0.25) is 0 Å². The number of pyridine rings is 1. The fraction of sp³-hybridized carbons (Fsp3) is 0.214. The van der Waals surface area contributed by atoms with Gasteiger partial charge in [0, 0.05) is 11.5 Å². The van der Waals surface area contributed by atoms with Crippen LogP contribution < -0.4 is 11.1 Å². The monoisotopic (exact) mass is 356 g/mol. The quantitative estimate of drug-likeness (QED) is 0.729. The first kappa shape index (κ1) is 16.2. The highest BCUT2D eigenvalue weighted by atomic mass is 32.1. The van der Waals surface area contributed by atoms with Gasteiger partial charge in [-0.15, -0.1) is 11.3 Å². The predicted octanol–water partition coefficient (Wildman–Crippen LogP) is 3.75. The van der Waals surface area contributed by atoms with Crippen molar-refractivity contribution in [2.45, 2.75) is 20.0 Å². The first-order chi connectivity index (χ1) is 11.2. The number of nitrogens with zero attached hydrogens (tertiary/aromatic N) is 2. The van der Waals surface area contributed by atoms with Crippen molar-refractivity contribution in [1.29, 1.82) is 0 Å². The second kappa shape index (κ2) is 5.48. The van der Waals surface area contributed by atoms with Crippen molar-refractivity contribution >= 4 is 39.0 Å². The van der Waals surface area contributed by atoms with Crippen LogP contribution in [0.25, 0.3) is 10.2 Å². The summed E-state index contributed by atoms with van der Waals surface area (Å²) in [5, 5.41) is 6.45. The minimum Gasteiger partial charge on any atom is -0.397 e. The molecule has 0 fully saturated rings. The summed E-state index contributed by atoms with van der Waals surface area (Å²) in [5.74, 6) is 0.105. The molecule has 10 heteroatoms. The fourth-order valence-electron chi connectivity index (χ4n) is 2.22. The largest absolute Gasteiger partial charge is 0.433 e. The van der Waals surface area contributed by atoms with Crippen LogP contribution in [0.2, 0.25) is 0 Å². The number of fused-ring (bicyclic) bond motifs is 1. The molecule has 0 radical (unpaired) electrons. The maximum atomic E-state index is 12.9. The molecule has 3 rings (SSSR count). The lowest BCUT2D eigenvalue weighted by molar-refractivity contribution is -0.141. The van der Waals surface area contributed by atoms with Gasteiger partial charge in [0.05, 0.1) is 5.69 Å². The van der Waals surface area contributed by atoms with E-state index in [-0.39, 0.29) is 21.2 Å². The van der Waals surface area contributed by atoms with Gasteiger partial charge in [-0.25, -0.2) is 4.98 Å². The Labute approximate surface area is 137 Å². The average Bonchev–Trinajstić information content (AvgIpc) is 3.02. The number of rotatable bonds is 2. The maximum absolute atomic E-state index is 12.9. The van der Waals surface area contributed by atoms with Crippen LogP contribution in [-0.2, 0) is 6.18 Å². The molecule has 0 bridgehead atoms. The SMILES string of the molecule is Cc1cc(NC(=O)c2sc3nc(C(F)(F)F)cc(C)c3c2N)no1. The van der Waals surface area contributed by atoms with Gasteiger partial charge in [-0.1, -0.05) is 5.16 Å². The first-order valence-corrected chi connectivity index (χ1v) is 7.50. The second-order valence-electron chi connectivity index (χ2n) is 5.12. The van der Waals surface area contributed by atoms with Crippen molar-refractivity contribution in [3.63, 3.8) is 0 Å². The van der Waals surface area contributed by atoms with Gasteiger partial charge in [-0.3, -0.25) is 4.79 Å². The van der Waals surface area contributed by atoms with Gasteiger partial charge in [0.1, 0.15) is 21.2 Å². The molecular formula is C14H11F3N4O2S. The molecule has 0 atom stereocenters. The highest BCUT2D eigenvalue weighted by molar-refractivity contribution is 7.21. The van der Waals surface area contributed by atoms with Crippen LogP contribution in [0.4, 0.5) is 24.7 Å². The summed E-state index contributed by atoms with van der Waals surface area (Å²) in [4.78, 5) is 16.0. The topological polar surface area (TPSA) is 94.0 Å². The Balaban J connectivity index is 2.04. The number of nitrogens with two attached hydrogens (primary N) is 1. The van der Waals surface area contributed by atoms with E-state index in [4.69, 9.17) is 10.3 Å². The van der Waals surface area contributed by atoms with Crippen LogP contribution in [0, 0.1) is 13.8 Å². The number of thiophene rings is 1. The normalized spacial score (nSPS) is 11.9. The Bertz CT molecular complexity index is 946. The van der Waals surface area contributed by atoms with E-state index in [9.17, 15) is 18.0 Å². The summed E-state index contributed by atoms with van der Waals surface area (Å²) in [6.45, 7) is 3.15. The van der Waals surface area contributed by atoms with Crippen molar-refractivity contribution in [2.24, 2.45) is 0 Å². The second-order valence-corrected chi connectivity index (χ2v) is 6.12. The van der Waals surface area contributed by atoms with Crippen LogP contribution in [0.5, 0.6) is 0 Å². The molecule has 3 aromatic rings. The molecule has 0 saturated carbocycles. The summed E-state index contributed by atoms with van der Waals surface area (Å²) in [6.07, 6.45) is -4.57. The zero-order valence-electron chi connectivity index (χ0n) is 12.5. The number of aryl methyl sites for hydroxylation is 2. The van der Waals surface area contributed by atoms with E-state index in [1.807, 2.05) is 0 Å². The number of nitrogen functional groups attached to an aromatic ring is 1. The molecule has 0 aromatic carbocycles. The molecule has 0 aliphatic carbocycles. The molecule has 0 unspecified atom stereocenters. The summed E-state index contributed by atoms with van der Waals surface area (Å²) in [5.41, 5.74) is 5.32. The van der Waals surface area contributed by atoms with Gasteiger partial charge in [-0.2, -0.15) is 13.2 Å². The number of nitrogens with one attached hydrogen (secondary N) is 1. The van der Waals surface area contributed by atoms with Crippen molar-refractivity contribution in [3.8, 4) is 0 Å². The summed E-state index contributed by atoms with van der Waals surface area (Å²) >= 11 is 0.796. The summed E-state index contributed by atoms with van der Waals surface area (Å²) < 4.78 is 43.4. The van der Waals surface area contributed by atoms with Crippen molar-refractivity contribution < 1.29 is 22.5 Å². The van der Waals surface area contributed by atoms with Gasteiger partial charge >= 0.3 is 6.18 Å². The standard InChI is InChI=1S/C14H11F3N4O2S/c1-5-3-7(14(15,16)17)19-13-9(5)10(18)11(24-13)12(22)20-8-4-6(2)23-21-8/h3-4H,18H2,1-2H3,(H,20,21,22). The zero-order chi connectivity index (χ0) is 17.6. The lowest BCUT2D eigenvalue weighted by Gasteiger charge is -2.07. The Morgan fingerprint density at radius 1 is 1.33 bits per heavy atom. The van der Waals surface area contributed by atoms with E-state index in [1.54, 1.807) is 6.92 Å². The highest BCUT2D eigenvalue weighted by Crippen LogP contribution is 2.38. The number of carbonyl (C=O) groups is 1. The van der Waals surface area contributed by atoms with Gasteiger partial charge in [0.15, 0.2) is 5.82 Å². The molecule has 0 spiro atoms. The number of halogens is 3. The molecule has 24 heavy (non-hydrogen) atoms. The lowest BCUT2D eigenvalue weighted by atomic mass is 10.1. The smallest absolute Gasteiger partial charge is 0.397 e. The van der Waals surface area contributed by atoms with E-state index >= 15 is 0 Å². The third kappa shape index (κ3) is 2.80. The molecule has 0 aliphatic heterocycles. The maximum Gasteiger partial charge on any atom is 0.433 e. The number of amides is 1. The molecular weight excluding hydrogens is 345 g/mol. The van der Waals surface area contributed by atoms with Crippen molar-refractivity contribution in [3.05, 3.63) is 34.0 Å². The van der Waals surface area contributed by atoms with Crippen LogP contribution in [0.1, 0.15) is 26.7 Å². The number of carbonyl (C=O) groups excluding carboxylic acids is 1. The Kier molecular flexibility index (Phi) is 3.71. The van der Waals surface area contributed by atoms with E-state index in [0.717, 1.165) is 17.4 Å². The number of hydrogen-bond donors (Lipinski definition) is 2. The molecule has 3 N–H and O–H groups in total. The number of alkyl halides is 3. The third-order valence-corrected chi connectivity index (χ3v) is 4.36. The summed E-state index contributed by atoms with van der Waals surface area (Å²) in [6, 6.07) is 2.42. The molecule has 126 valence electrons. The van der Waals surface area contributed by atoms with Crippen LogP contribution in [-0.4, -0.2) is 16.0 Å². The predicted molar refractivity (Wildman–Crippen MR) is 83.0 cm³/mol. The Hall–Kier alpha value is -2.62. The van der Waals surface area contributed by atoms with Gasteiger partial charge < -0.3 is 15.6 Å². The number of aromatic nitrogens is 2. The van der Waals surface area contributed by atoms with E-state index in [0.29, 0.717) is 16.7 Å². The third-order valence-electron chi connectivity index (χ3n) is 3.26. The van der Waals surface area contributed by atoms with Crippen LogP contribution in [0.15, 0.2) is 16.7 Å². The zero-order valence-corrected chi connectivity index (χ0v) is 13.3. The summed E-state index contributed by atoms with van der Waals surface area (Å²) in [7, 11) is 0. The molecule has 0 aliphatic rings. The molecule has 6 nitrogen and oxygen atoms in total. The average molecular weight is 356 g/mol. The van der Waals surface area contributed by atoms with E-state index < -0.39 is 17.8 Å². The van der Waals surface area contributed by atoms with Crippen molar-refractivity contribution in [1.82, 2.24) is 10.1 Å². The Morgan fingerprint density at radius 3 is 2.62 bits per heavy atom.